The van der Waals surface area contributed by atoms with Crippen LogP contribution < -0.4 is 9.47 Å². The van der Waals surface area contributed by atoms with Crippen LogP contribution in [0.1, 0.15) is 39.6 Å². The molecule has 22 heavy (non-hydrogen) atoms. The van der Waals surface area contributed by atoms with Gasteiger partial charge in [0.1, 0.15) is 23.4 Å². The summed E-state index contributed by atoms with van der Waals surface area (Å²) >= 11 is 0. The number of carbonyl (C=O) groups excluding carboxylic acids is 1. The van der Waals surface area contributed by atoms with Crippen LogP contribution >= 0.6 is 0 Å². The SMILES string of the molecule is COc1ccccc1C1CCc2c(O)cc(C)c(C=O)c2O1. The van der Waals surface area contributed by atoms with E-state index in [2.05, 4.69) is 0 Å². The van der Waals surface area contributed by atoms with Crippen LogP contribution in [-0.4, -0.2) is 18.5 Å². The lowest BCUT2D eigenvalue weighted by molar-refractivity contribution is 0.111. The summed E-state index contributed by atoms with van der Waals surface area (Å²) in [6, 6.07) is 9.32. The Morgan fingerprint density at radius 1 is 1.36 bits per heavy atom. The van der Waals surface area contributed by atoms with E-state index in [-0.39, 0.29) is 11.9 Å². The number of fused-ring (bicyclic) bond motifs is 1. The van der Waals surface area contributed by atoms with E-state index in [1.807, 2.05) is 24.3 Å². The Morgan fingerprint density at radius 2 is 2.14 bits per heavy atom. The summed E-state index contributed by atoms with van der Waals surface area (Å²) in [5.74, 6) is 1.45. The van der Waals surface area contributed by atoms with E-state index >= 15 is 0 Å². The number of aryl methyl sites for hydroxylation is 1. The fraction of sp³-hybridized carbons (Fsp3) is 0.278. The van der Waals surface area contributed by atoms with Crippen molar-refractivity contribution in [2.24, 2.45) is 0 Å². The van der Waals surface area contributed by atoms with Gasteiger partial charge in [-0.2, -0.15) is 0 Å². The van der Waals surface area contributed by atoms with E-state index < -0.39 is 0 Å². The third-order valence-corrected chi connectivity index (χ3v) is 4.13. The lowest BCUT2D eigenvalue weighted by Crippen LogP contribution is -2.17. The zero-order valence-electron chi connectivity index (χ0n) is 12.6. The number of para-hydroxylation sites is 1. The number of benzene rings is 2. The largest absolute Gasteiger partial charge is 0.508 e. The molecule has 1 aliphatic heterocycles. The predicted octanol–water partition coefficient (Wildman–Crippen LogP) is 3.59. The number of ether oxygens (including phenoxy) is 2. The molecular formula is C18H18O4. The number of hydrogen-bond donors (Lipinski definition) is 1. The molecule has 0 spiro atoms. The van der Waals surface area contributed by atoms with E-state index in [0.29, 0.717) is 28.9 Å². The van der Waals surface area contributed by atoms with Crippen LogP contribution in [0.2, 0.25) is 0 Å². The van der Waals surface area contributed by atoms with Crippen molar-refractivity contribution in [1.29, 1.82) is 0 Å². The molecule has 2 aromatic carbocycles. The second kappa shape index (κ2) is 5.72. The van der Waals surface area contributed by atoms with Crippen molar-refractivity contribution in [2.45, 2.75) is 25.9 Å². The van der Waals surface area contributed by atoms with Crippen LogP contribution in [0.4, 0.5) is 0 Å². The first kappa shape index (κ1) is 14.4. The second-order valence-corrected chi connectivity index (χ2v) is 5.44. The van der Waals surface area contributed by atoms with Gasteiger partial charge < -0.3 is 14.6 Å². The van der Waals surface area contributed by atoms with Gasteiger partial charge in [0, 0.05) is 11.1 Å². The Bertz CT molecular complexity index is 721. The van der Waals surface area contributed by atoms with Crippen molar-refractivity contribution in [2.75, 3.05) is 7.11 Å². The van der Waals surface area contributed by atoms with Crippen molar-refractivity contribution < 1.29 is 19.4 Å². The Morgan fingerprint density at radius 3 is 2.86 bits per heavy atom. The number of aldehydes is 1. The highest BCUT2D eigenvalue weighted by atomic mass is 16.5. The minimum Gasteiger partial charge on any atom is -0.508 e. The number of phenols is 1. The summed E-state index contributed by atoms with van der Waals surface area (Å²) in [6.07, 6.45) is 1.98. The average molecular weight is 298 g/mol. The molecule has 0 aromatic heterocycles. The molecule has 0 amide bonds. The van der Waals surface area contributed by atoms with Crippen LogP contribution in [0, 0.1) is 6.92 Å². The molecule has 3 rings (SSSR count). The van der Waals surface area contributed by atoms with Crippen molar-refractivity contribution in [3.63, 3.8) is 0 Å². The summed E-state index contributed by atoms with van der Waals surface area (Å²) in [5.41, 5.74) is 2.88. The molecule has 1 unspecified atom stereocenters. The standard InChI is InChI=1S/C18H18O4/c1-11-9-15(20)12-7-8-17(22-18(12)14(11)10-19)13-5-3-4-6-16(13)21-2/h3-6,9-10,17,20H,7-8H2,1-2H3. The second-order valence-electron chi connectivity index (χ2n) is 5.44. The molecule has 0 saturated carbocycles. The van der Waals surface area contributed by atoms with Gasteiger partial charge in [-0.25, -0.2) is 0 Å². The number of carbonyl (C=O) groups is 1. The smallest absolute Gasteiger partial charge is 0.154 e. The molecule has 1 heterocycles. The number of aromatic hydroxyl groups is 1. The average Bonchev–Trinajstić information content (AvgIpc) is 2.54. The number of rotatable bonds is 3. The highest BCUT2D eigenvalue weighted by Gasteiger charge is 2.28. The fourth-order valence-corrected chi connectivity index (χ4v) is 2.98. The first-order chi connectivity index (χ1) is 10.7. The molecule has 4 nitrogen and oxygen atoms in total. The molecule has 0 radical (unpaired) electrons. The maximum Gasteiger partial charge on any atom is 0.154 e. The lowest BCUT2D eigenvalue weighted by Gasteiger charge is -2.29. The van der Waals surface area contributed by atoms with Crippen LogP contribution in [-0.2, 0) is 6.42 Å². The van der Waals surface area contributed by atoms with Crippen LogP contribution in [0.15, 0.2) is 30.3 Å². The maximum atomic E-state index is 11.4. The van der Waals surface area contributed by atoms with Gasteiger partial charge in [0.25, 0.3) is 0 Å². The molecular weight excluding hydrogens is 280 g/mol. The molecule has 0 saturated heterocycles. The third kappa shape index (κ3) is 2.30. The van der Waals surface area contributed by atoms with E-state index in [4.69, 9.17) is 9.47 Å². The Hall–Kier alpha value is -2.49. The van der Waals surface area contributed by atoms with Crippen molar-refractivity contribution >= 4 is 6.29 Å². The van der Waals surface area contributed by atoms with Crippen molar-refractivity contribution in [3.8, 4) is 17.2 Å². The third-order valence-electron chi connectivity index (χ3n) is 4.13. The molecule has 4 heteroatoms. The topological polar surface area (TPSA) is 55.8 Å². The fourth-order valence-electron chi connectivity index (χ4n) is 2.98. The van der Waals surface area contributed by atoms with Crippen molar-refractivity contribution in [3.05, 3.63) is 52.6 Å². The zero-order chi connectivity index (χ0) is 15.7. The van der Waals surface area contributed by atoms with E-state index in [1.165, 1.54) is 0 Å². The lowest BCUT2D eigenvalue weighted by atomic mass is 9.93. The minimum absolute atomic E-state index is 0.191. The highest BCUT2D eigenvalue weighted by molar-refractivity contribution is 5.83. The predicted molar refractivity (Wildman–Crippen MR) is 82.9 cm³/mol. The van der Waals surface area contributed by atoms with Gasteiger partial charge in [-0.3, -0.25) is 4.79 Å². The van der Waals surface area contributed by atoms with Crippen molar-refractivity contribution in [1.82, 2.24) is 0 Å². The van der Waals surface area contributed by atoms with Gasteiger partial charge in [0.15, 0.2) is 6.29 Å². The summed E-state index contributed by atoms with van der Waals surface area (Å²) in [5, 5.41) is 10.1. The Kier molecular flexibility index (Phi) is 3.75. The van der Waals surface area contributed by atoms with Gasteiger partial charge in [0.05, 0.1) is 12.7 Å². The van der Waals surface area contributed by atoms with Gasteiger partial charge in [-0.05, 0) is 37.5 Å². The molecule has 0 bridgehead atoms. The molecule has 2 aromatic rings. The van der Waals surface area contributed by atoms with Gasteiger partial charge in [-0.15, -0.1) is 0 Å². The minimum atomic E-state index is -0.191. The monoisotopic (exact) mass is 298 g/mol. The summed E-state index contributed by atoms with van der Waals surface area (Å²) in [7, 11) is 1.63. The Balaban J connectivity index is 2.05. The quantitative estimate of drug-likeness (QED) is 0.880. The molecule has 114 valence electrons. The summed E-state index contributed by atoms with van der Waals surface area (Å²) < 4.78 is 11.5. The number of methoxy groups -OCH3 is 1. The first-order valence-electron chi connectivity index (χ1n) is 7.26. The highest BCUT2D eigenvalue weighted by Crippen LogP contribution is 2.43. The zero-order valence-corrected chi connectivity index (χ0v) is 12.6. The summed E-state index contributed by atoms with van der Waals surface area (Å²) in [6.45, 7) is 1.79. The van der Waals surface area contributed by atoms with E-state index in [0.717, 1.165) is 24.0 Å². The molecule has 0 aliphatic carbocycles. The number of phenolic OH excluding ortho intramolecular Hbond substituents is 1. The molecule has 1 aliphatic rings. The Labute approximate surface area is 129 Å². The van der Waals surface area contributed by atoms with Crippen LogP contribution in [0.5, 0.6) is 17.2 Å². The van der Waals surface area contributed by atoms with E-state index in [9.17, 15) is 9.90 Å². The maximum absolute atomic E-state index is 11.4. The number of hydrogen-bond acceptors (Lipinski definition) is 4. The van der Waals surface area contributed by atoms with Crippen LogP contribution in [0.25, 0.3) is 0 Å². The van der Waals surface area contributed by atoms with Crippen LogP contribution in [0.3, 0.4) is 0 Å². The molecule has 1 N–H and O–H groups in total. The summed E-state index contributed by atoms with van der Waals surface area (Å²) in [4.78, 5) is 11.4. The first-order valence-corrected chi connectivity index (χ1v) is 7.26. The van der Waals surface area contributed by atoms with Gasteiger partial charge in [-0.1, -0.05) is 18.2 Å². The van der Waals surface area contributed by atoms with Gasteiger partial charge >= 0.3 is 0 Å². The normalized spacial score (nSPS) is 16.5. The van der Waals surface area contributed by atoms with E-state index in [1.54, 1.807) is 20.1 Å². The molecule has 1 atom stereocenters. The van der Waals surface area contributed by atoms with Gasteiger partial charge in [0.2, 0.25) is 0 Å². The molecule has 0 fully saturated rings.